The number of hydrogen-bond acceptors (Lipinski definition) is 2. The molecule has 0 unspecified atom stereocenters. The van der Waals surface area contributed by atoms with E-state index in [1.165, 1.54) is 4.90 Å². The van der Waals surface area contributed by atoms with Crippen molar-refractivity contribution in [1.29, 1.82) is 0 Å². The first-order valence-electron chi connectivity index (χ1n) is 7.02. The average Bonchev–Trinajstić information content (AvgIpc) is 2.49. The molecule has 0 bridgehead atoms. The highest BCUT2D eigenvalue weighted by atomic mass is 19.1. The molecule has 0 spiro atoms. The number of anilines is 1. The molecule has 2 rings (SSSR count). The van der Waals surface area contributed by atoms with Crippen LogP contribution in [0.1, 0.15) is 32.1 Å². The summed E-state index contributed by atoms with van der Waals surface area (Å²) in [6.07, 6.45) is 4.97. The van der Waals surface area contributed by atoms with E-state index in [4.69, 9.17) is 0 Å². The quantitative estimate of drug-likeness (QED) is 0.853. The van der Waals surface area contributed by atoms with E-state index >= 15 is 0 Å². The van der Waals surface area contributed by atoms with Crippen LogP contribution in [0, 0.1) is 11.6 Å². The van der Waals surface area contributed by atoms with Crippen molar-refractivity contribution in [2.75, 3.05) is 12.4 Å². The number of nitrogens with zero attached hydrogens (tertiary/aromatic N) is 1. The minimum atomic E-state index is -0.909. The van der Waals surface area contributed by atoms with Crippen molar-refractivity contribution in [1.82, 2.24) is 4.90 Å². The molecule has 0 aromatic heterocycles. The molecule has 6 heteroatoms. The van der Waals surface area contributed by atoms with Crippen LogP contribution in [0.25, 0.3) is 0 Å². The summed E-state index contributed by atoms with van der Waals surface area (Å²) >= 11 is 0. The van der Waals surface area contributed by atoms with Gasteiger partial charge in [-0.3, -0.25) is 9.59 Å². The molecule has 0 atom stereocenters. The van der Waals surface area contributed by atoms with Gasteiger partial charge in [-0.1, -0.05) is 19.3 Å². The summed E-state index contributed by atoms with van der Waals surface area (Å²) in [6.45, 7) is 0. The summed E-state index contributed by atoms with van der Waals surface area (Å²) in [5.41, 5.74) is -0.202. The number of hydrogen-bond donors (Lipinski definition) is 1. The minimum absolute atomic E-state index is 0.0510. The fraction of sp³-hybridized carbons (Fsp3) is 0.467. The molecule has 1 N–H and O–H groups in total. The molecular weight excluding hydrogens is 278 g/mol. The zero-order valence-electron chi connectivity index (χ0n) is 11.9. The summed E-state index contributed by atoms with van der Waals surface area (Å²) < 4.78 is 26.2. The van der Waals surface area contributed by atoms with Gasteiger partial charge in [-0.15, -0.1) is 0 Å². The zero-order chi connectivity index (χ0) is 15.4. The molecule has 1 fully saturated rings. The smallest absolute Gasteiger partial charge is 0.313 e. The third kappa shape index (κ3) is 3.77. The van der Waals surface area contributed by atoms with Crippen LogP contribution in [0.15, 0.2) is 18.2 Å². The molecule has 1 aliphatic rings. The summed E-state index contributed by atoms with van der Waals surface area (Å²) in [6, 6.07) is 2.82. The molecule has 1 aliphatic carbocycles. The average molecular weight is 296 g/mol. The highest BCUT2D eigenvalue weighted by Crippen LogP contribution is 2.22. The Labute approximate surface area is 122 Å². The molecule has 1 saturated carbocycles. The molecule has 21 heavy (non-hydrogen) atoms. The number of carbonyl (C=O) groups excluding carboxylic acids is 2. The molecule has 0 heterocycles. The maximum Gasteiger partial charge on any atom is 0.313 e. The van der Waals surface area contributed by atoms with Crippen LogP contribution in [0.4, 0.5) is 14.5 Å². The van der Waals surface area contributed by atoms with E-state index in [0.717, 1.165) is 44.2 Å². The molecule has 0 aliphatic heterocycles. The predicted molar refractivity (Wildman–Crippen MR) is 74.6 cm³/mol. The summed E-state index contributed by atoms with van der Waals surface area (Å²) in [5, 5.41) is 2.19. The van der Waals surface area contributed by atoms with Crippen molar-refractivity contribution in [3.05, 3.63) is 29.8 Å². The Bertz CT molecular complexity index is 542. The number of rotatable bonds is 2. The number of benzene rings is 1. The van der Waals surface area contributed by atoms with Gasteiger partial charge >= 0.3 is 11.8 Å². The zero-order valence-corrected chi connectivity index (χ0v) is 11.9. The second-order valence-electron chi connectivity index (χ2n) is 5.29. The maximum absolute atomic E-state index is 13.5. The lowest BCUT2D eigenvalue weighted by molar-refractivity contribution is -0.144. The Morgan fingerprint density at radius 3 is 2.48 bits per heavy atom. The summed E-state index contributed by atoms with van der Waals surface area (Å²) in [4.78, 5) is 25.3. The van der Waals surface area contributed by atoms with E-state index in [2.05, 4.69) is 5.32 Å². The van der Waals surface area contributed by atoms with Crippen molar-refractivity contribution in [2.45, 2.75) is 38.1 Å². The number of halogens is 2. The van der Waals surface area contributed by atoms with Gasteiger partial charge in [0.1, 0.15) is 11.6 Å². The van der Waals surface area contributed by atoms with Gasteiger partial charge in [-0.2, -0.15) is 0 Å². The molecule has 4 nitrogen and oxygen atoms in total. The van der Waals surface area contributed by atoms with Gasteiger partial charge in [0, 0.05) is 19.2 Å². The Hall–Kier alpha value is -1.98. The molecule has 1 aromatic rings. The van der Waals surface area contributed by atoms with Crippen LogP contribution in [0.2, 0.25) is 0 Å². The Morgan fingerprint density at radius 1 is 1.19 bits per heavy atom. The fourth-order valence-corrected chi connectivity index (χ4v) is 2.56. The minimum Gasteiger partial charge on any atom is -0.335 e. The Balaban J connectivity index is 2.00. The van der Waals surface area contributed by atoms with Gasteiger partial charge < -0.3 is 10.2 Å². The number of carbonyl (C=O) groups is 2. The molecule has 0 saturated heterocycles. The highest BCUT2D eigenvalue weighted by Gasteiger charge is 2.27. The monoisotopic (exact) mass is 296 g/mol. The van der Waals surface area contributed by atoms with Crippen molar-refractivity contribution >= 4 is 17.5 Å². The highest BCUT2D eigenvalue weighted by molar-refractivity contribution is 6.39. The van der Waals surface area contributed by atoms with Crippen LogP contribution in [-0.2, 0) is 9.59 Å². The van der Waals surface area contributed by atoms with Gasteiger partial charge in [0.25, 0.3) is 0 Å². The van der Waals surface area contributed by atoms with Crippen LogP contribution in [-0.4, -0.2) is 29.8 Å². The largest absolute Gasteiger partial charge is 0.335 e. The second-order valence-corrected chi connectivity index (χ2v) is 5.29. The SMILES string of the molecule is CN(C(=O)C(=O)Nc1ccc(F)cc1F)C1CCCCC1. The second kappa shape index (κ2) is 6.65. The molecular formula is C15H18F2N2O2. The van der Waals surface area contributed by atoms with Gasteiger partial charge in [0.15, 0.2) is 0 Å². The van der Waals surface area contributed by atoms with Crippen molar-refractivity contribution in [3.63, 3.8) is 0 Å². The Kier molecular flexibility index (Phi) is 4.88. The lowest BCUT2D eigenvalue weighted by Gasteiger charge is -2.30. The van der Waals surface area contributed by atoms with E-state index in [9.17, 15) is 18.4 Å². The Morgan fingerprint density at radius 2 is 1.86 bits per heavy atom. The molecule has 1 aromatic carbocycles. The van der Waals surface area contributed by atoms with E-state index < -0.39 is 23.4 Å². The standard InChI is InChI=1S/C15H18F2N2O2/c1-19(11-5-3-2-4-6-11)15(21)14(20)18-13-8-7-10(16)9-12(13)17/h7-9,11H,2-6H2,1H3,(H,18,20). The van der Waals surface area contributed by atoms with Gasteiger partial charge in [-0.05, 0) is 25.0 Å². The van der Waals surface area contributed by atoms with Crippen LogP contribution in [0.5, 0.6) is 0 Å². The first-order chi connectivity index (χ1) is 9.99. The van der Waals surface area contributed by atoms with Crippen molar-refractivity contribution in [3.8, 4) is 0 Å². The first kappa shape index (κ1) is 15.4. The van der Waals surface area contributed by atoms with Crippen LogP contribution in [0.3, 0.4) is 0 Å². The molecule has 2 amide bonds. The third-order valence-corrected chi connectivity index (χ3v) is 3.82. The number of nitrogens with one attached hydrogen (secondary N) is 1. The van der Waals surface area contributed by atoms with E-state index in [1.54, 1.807) is 7.05 Å². The summed E-state index contributed by atoms with van der Waals surface area (Å²) in [7, 11) is 1.58. The first-order valence-corrected chi connectivity index (χ1v) is 7.02. The topological polar surface area (TPSA) is 49.4 Å². The summed E-state index contributed by atoms with van der Waals surface area (Å²) in [5.74, 6) is -3.26. The van der Waals surface area contributed by atoms with Gasteiger partial charge in [0.2, 0.25) is 0 Å². The van der Waals surface area contributed by atoms with Crippen LogP contribution >= 0.6 is 0 Å². The third-order valence-electron chi connectivity index (χ3n) is 3.82. The molecule has 0 radical (unpaired) electrons. The molecule has 114 valence electrons. The van der Waals surface area contributed by atoms with Crippen LogP contribution < -0.4 is 5.32 Å². The lowest BCUT2D eigenvalue weighted by Crippen LogP contribution is -2.44. The van der Waals surface area contributed by atoms with Crippen molar-refractivity contribution in [2.24, 2.45) is 0 Å². The number of likely N-dealkylation sites (N-methyl/N-ethyl adjacent to an activating group) is 1. The van der Waals surface area contributed by atoms with E-state index in [1.807, 2.05) is 0 Å². The predicted octanol–water partition coefficient (Wildman–Crippen LogP) is 2.69. The van der Waals surface area contributed by atoms with Gasteiger partial charge in [-0.25, -0.2) is 8.78 Å². The fourth-order valence-electron chi connectivity index (χ4n) is 2.56. The normalized spacial score (nSPS) is 15.6. The van der Waals surface area contributed by atoms with Gasteiger partial charge in [0.05, 0.1) is 5.69 Å². The lowest BCUT2D eigenvalue weighted by atomic mass is 9.94. The maximum atomic E-state index is 13.5. The van der Waals surface area contributed by atoms with E-state index in [0.29, 0.717) is 6.07 Å². The van der Waals surface area contributed by atoms with E-state index in [-0.39, 0.29) is 11.7 Å². The number of amides is 2. The van der Waals surface area contributed by atoms with Crippen molar-refractivity contribution < 1.29 is 18.4 Å².